The zero-order chi connectivity index (χ0) is 14.0. The van der Waals surface area contributed by atoms with E-state index in [1.807, 2.05) is 25.1 Å². The summed E-state index contributed by atoms with van der Waals surface area (Å²) in [5, 5.41) is 0.396. The van der Waals surface area contributed by atoms with Gasteiger partial charge in [-0.1, -0.05) is 39.7 Å². The topological polar surface area (TPSA) is 26.0 Å². The molecule has 0 amide bonds. The summed E-state index contributed by atoms with van der Waals surface area (Å²) < 4.78 is 14.7. The molecule has 0 aliphatic heterocycles. The molecule has 0 heterocycles. The first-order chi connectivity index (χ1) is 8.95. The standard InChI is InChI=1S/C15H14BrClFN/c1-9-4-11(6-12(16)5-9)15(19)7-10-2-3-13(17)8-14(10)18/h2-6,8,15H,7,19H2,1H3. The molecule has 0 fully saturated rings. The molecule has 1 unspecified atom stereocenters. The van der Waals surface area contributed by atoms with Crippen molar-refractivity contribution in [1.29, 1.82) is 0 Å². The minimum atomic E-state index is -0.310. The van der Waals surface area contributed by atoms with Crippen molar-refractivity contribution >= 4 is 27.5 Å². The van der Waals surface area contributed by atoms with Gasteiger partial charge < -0.3 is 5.73 Å². The quantitative estimate of drug-likeness (QED) is 0.852. The molecule has 0 saturated heterocycles. The van der Waals surface area contributed by atoms with Gasteiger partial charge in [-0.25, -0.2) is 4.39 Å². The maximum absolute atomic E-state index is 13.7. The molecular formula is C15H14BrClFN. The van der Waals surface area contributed by atoms with Gasteiger partial charge in [-0.15, -0.1) is 0 Å². The molecule has 0 bridgehead atoms. The molecule has 2 rings (SSSR count). The summed E-state index contributed by atoms with van der Waals surface area (Å²) in [4.78, 5) is 0. The third-order valence-electron chi connectivity index (χ3n) is 2.95. The minimum absolute atomic E-state index is 0.244. The van der Waals surface area contributed by atoms with Crippen LogP contribution in [0.15, 0.2) is 40.9 Å². The summed E-state index contributed by atoms with van der Waals surface area (Å²) in [5.41, 5.74) is 8.84. The van der Waals surface area contributed by atoms with Crippen molar-refractivity contribution in [2.75, 3.05) is 0 Å². The fourth-order valence-corrected chi connectivity index (χ4v) is 2.80. The third kappa shape index (κ3) is 3.78. The van der Waals surface area contributed by atoms with E-state index in [9.17, 15) is 4.39 Å². The Bertz CT molecular complexity index is 580. The fourth-order valence-electron chi connectivity index (χ4n) is 2.02. The number of aryl methyl sites for hydroxylation is 1. The van der Waals surface area contributed by atoms with Crippen LogP contribution in [0.2, 0.25) is 5.02 Å². The molecule has 0 aliphatic carbocycles. The van der Waals surface area contributed by atoms with E-state index < -0.39 is 0 Å². The van der Waals surface area contributed by atoms with E-state index in [1.165, 1.54) is 6.07 Å². The van der Waals surface area contributed by atoms with Gasteiger partial charge in [0, 0.05) is 15.5 Å². The monoisotopic (exact) mass is 341 g/mol. The molecule has 2 aromatic rings. The lowest BCUT2D eigenvalue weighted by Crippen LogP contribution is -2.14. The molecule has 4 heteroatoms. The van der Waals surface area contributed by atoms with Gasteiger partial charge in [-0.05, 0) is 54.3 Å². The highest BCUT2D eigenvalue weighted by Gasteiger charge is 2.11. The Labute approximate surface area is 125 Å². The first-order valence-electron chi connectivity index (χ1n) is 5.92. The predicted octanol–water partition coefficient (Wildman–Crippen LogP) is 4.79. The molecule has 1 atom stereocenters. The highest BCUT2D eigenvalue weighted by Crippen LogP contribution is 2.24. The lowest BCUT2D eigenvalue weighted by atomic mass is 9.98. The zero-order valence-electron chi connectivity index (χ0n) is 10.5. The highest BCUT2D eigenvalue weighted by atomic mass is 79.9. The average Bonchev–Trinajstić information content (AvgIpc) is 2.31. The van der Waals surface area contributed by atoms with Crippen molar-refractivity contribution < 1.29 is 4.39 Å². The lowest BCUT2D eigenvalue weighted by Gasteiger charge is -2.14. The molecular weight excluding hydrogens is 329 g/mol. The van der Waals surface area contributed by atoms with Gasteiger partial charge >= 0.3 is 0 Å². The number of hydrogen-bond acceptors (Lipinski definition) is 1. The number of benzene rings is 2. The van der Waals surface area contributed by atoms with E-state index in [-0.39, 0.29) is 11.9 Å². The van der Waals surface area contributed by atoms with Crippen LogP contribution in [0.5, 0.6) is 0 Å². The summed E-state index contributed by atoms with van der Waals surface area (Å²) in [7, 11) is 0. The van der Waals surface area contributed by atoms with Crippen LogP contribution in [-0.2, 0) is 6.42 Å². The van der Waals surface area contributed by atoms with Crippen LogP contribution in [0.1, 0.15) is 22.7 Å². The van der Waals surface area contributed by atoms with E-state index in [0.29, 0.717) is 17.0 Å². The predicted molar refractivity (Wildman–Crippen MR) is 80.9 cm³/mol. The molecule has 100 valence electrons. The van der Waals surface area contributed by atoms with Gasteiger partial charge in [0.05, 0.1) is 0 Å². The van der Waals surface area contributed by atoms with Gasteiger partial charge in [0.25, 0.3) is 0 Å². The highest BCUT2D eigenvalue weighted by molar-refractivity contribution is 9.10. The van der Waals surface area contributed by atoms with E-state index in [4.69, 9.17) is 17.3 Å². The summed E-state index contributed by atoms with van der Waals surface area (Å²) in [6.45, 7) is 2.00. The van der Waals surface area contributed by atoms with Crippen LogP contribution in [0.4, 0.5) is 4.39 Å². The Kier molecular flexibility index (Phi) is 4.61. The Morgan fingerprint density at radius 2 is 2.00 bits per heavy atom. The Hall–Kier alpha value is -0.900. The molecule has 0 spiro atoms. The molecule has 0 aliphatic rings. The fraction of sp³-hybridized carbons (Fsp3) is 0.200. The van der Waals surface area contributed by atoms with E-state index >= 15 is 0 Å². The molecule has 0 saturated carbocycles. The van der Waals surface area contributed by atoms with Crippen molar-refractivity contribution in [3.05, 3.63) is 68.4 Å². The summed E-state index contributed by atoms with van der Waals surface area (Å²) in [5.74, 6) is -0.310. The molecule has 0 radical (unpaired) electrons. The Balaban J connectivity index is 2.22. The van der Waals surface area contributed by atoms with Crippen molar-refractivity contribution in [2.24, 2.45) is 5.73 Å². The number of rotatable bonds is 3. The van der Waals surface area contributed by atoms with Crippen LogP contribution in [0, 0.1) is 12.7 Å². The molecule has 19 heavy (non-hydrogen) atoms. The second-order valence-corrected chi connectivity index (χ2v) is 5.96. The average molecular weight is 343 g/mol. The largest absolute Gasteiger partial charge is 0.324 e. The van der Waals surface area contributed by atoms with Gasteiger partial charge in [-0.2, -0.15) is 0 Å². The third-order valence-corrected chi connectivity index (χ3v) is 3.64. The first-order valence-corrected chi connectivity index (χ1v) is 7.09. The zero-order valence-corrected chi connectivity index (χ0v) is 12.8. The maximum atomic E-state index is 13.7. The molecule has 0 aromatic heterocycles. The number of nitrogens with two attached hydrogens (primary N) is 1. The number of hydrogen-bond donors (Lipinski definition) is 1. The normalized spacial score (nSPS) is 12.5. The second-order valence-electron chi connectivity index (χ2n) is 4.61. The summed E-state index contributed by atoms with van der Waals surface area (Å²) in [6.07, 6.45) is 0.443. The second kappa shape index (κ2) is 6.04. The lowest BCUT2D eigenvalue weighted by molar-refractivity contribution is 0.593. The molecule has 2 aromatic carbocycles. The van der Waals surface area contributed by atoms with Crippen LogP contribution in [0.25, 0.3) is 0 Å². The van der Waals surface area contributed by atoms with E-state index in [2.05, 4.69) is 15.9 Å². The van der Waals surface area contributed by atoms with E-state index in [0.717, 1.165) is 15.6 Å². The van der Waals surface area contributed by atoms with Gasteiger partial charge in [-0.3, -0.25) is 0 Å². The van der Waals surface area contributed by atoms with Crippen LogP contribution < -0.4 is 5.73 Å². The SMILES string of the molecule is Cc1cc(Br)cc(C(N)Cc2ccc(Cl)cc2F)c1. The molecule has 1 nitrogen and oxygen atoms in total. The van der Waals surface area contributed by atoms with Crippen LogP contribution in [0.3, 0.4) is 0 Å². The van der Waals surface area contributed by atoms with Crippen molar-refractivity contribution in [3.63, 3.8) is 0 Å². The van der Waals surface area contributed by atoms with Crippen molar-refractivity contribution in [1.82, 2.24) is 0 Å². The van der Waals surface area contributed by atoms with Crippen LogP contribution >= 0.6 is 27.5 Å². The van der Waals surface area contributed by atoms with Crippen LogP contribution in [-0.4, -0.2) is 0 Å². The Morgan fingerprint density at radius 3 is 2.63 bits per heavy atom. The number of halogens is 3. The van der Waals surface area contributed by atoms with Gasteiger partial charge in [0.1, 0.15) is 5.82 Å². The minimum Gasteiger partial charge on any atom is -0.324 e. The summed E-state index contributed by atoms with van der Waals surface area (Å²) >= 11 is 9.18. The van der Waals surface area contributed by atoms with Crippen molar-refractivity contribution in [2.45, 2.75) is 19.4 Å². The Morgan fingerprint density at radius 1 is 1.26 bits per heavy atom. The van der Waals surface area contributed by atoms with Gasteiger partial charge in [0.15, 0.2) is 0 Å². The first kappa shape index (κ1) is 14.5. The summed E-state index contributed by atoms with van der Waals surface area (Å²) in [6, 6.07) is 10.4. The maximum Gasteiger partial charge on any atom is 0.127 e. The van der Waals surface area contributed by atoms with Crippen molar-refractivity contribution in [3.8, 4) is 0 Å². The van der Waals surface area contributed by atoms with Gasteiger partial charge in [0.2, 0.25) is 0 Å². The van der Waals surface area contributed by atoms with E-state index in [1.54, 1.807) is 12.1 Å². The smallest absolute Gasteiger partial charge is 0.127 e. The molecule has 2 N–H and O–H groups in total.